The van der Waals surface area contributed by atoms with Crippen LogP contribution in [0.25, 0.3) is 16.8 Å². The second-order valence-electron chi connectivity index (χ2n) is 7.40. The van der Waals surface area contributed by atoms with Gasteiger partial charge in [-0.15, -0.1) is 5.10 Å². The van der Waals surface area contributed by atoms with Gasteiger partial charge in [0.25, 0.3) is 0 Å². The Morgan fingerprint density at radius 2 is 2.00 bits per heavy atom. The number of hydrogen-bond donors (Lipinski definition) is 2. The van der Waals surface area contributed by atoms with E-state index in [1.165, 1.54) is 0 Å². The first-order valence-electron chi connectivity index (χ1n) is 9.98. The Morgan fingerprint density at radius 1 is 1.14 bits per heavy atom. The summed E-state index contributed by atoms with van der Waals surface area (Å²) >= 11 is 0. The number of carbonyl (C=O) groups is 1. The molecule has 1 aliphatic carbocycles. The molecule has 7 heteroatoms. The van der Waals surface area contributed by atoms with Gasteiger partial charge in [0.2, 0.25) is 11.9 Å². The third kappa shape index (κ3) is 3.89. The zero-order valence-corrected chi connectivity index (χ0v) is 16.0. The molecule has 0 spiro atoms. The number of anilines is 2. The molecular weight excluding hydrogens is 364 g/mol. The van der Waals surface area contributed by atoms with Gasteiger partial charge in [-0.3, -0.25) is 15.1 Å². The Kier molecular flexibility index (Phi) is 4.56. The molecule has 0 radical (unpaired) electrons. The van der Waals surface area contributed by atoms with Crippen molar-refractivity contribution in [3.05, 3.63) is 54.4 Å². The molecule has 2 N–H and O–H groups in total. The number of allylic oxidation sites excluding steroid dienone is 1. The van der Waals surface area contributed by atoms with Gasteiger partial charge in [-0.05, 0) is 55.5 Å². The van der Waals surface area contributed by atoms with Crippen molar-refractivity contribution in [3.63, 3.8) is 0 Å². The summed E-state index contributed by atoms with van der Waals surface area (Å²) in [5.74, 6) is 0.487. The minimum atomic E-state index is 0.00954. The summed E-state index contributed by atoms with van der Waals surface area (Å²) in [4.78, 5) is 20.9. The molecule has 1 amide bonds. The maximum absolute atomic E-state index is 12.0. The van der Waals surface area contributed by atoms with Gasteiger partial charge < -0.3 is 5.32 Å². The van der Waals surface area contributed by atoms with Crippen molar-refractivity contribution in [2.45, 2.75) is 25.7 Å². The second-order valence-corrected chi connectivity index (χ2v) is 7.40. The largest absolute Gasteiger partial charge is 0.379 e. The van der Waals surface area contributed by atoms with Crippen LogP contribution in [0, 0.1) is 5.92 Å². The van der Waals surface area contributed by atoms with Crippen molar-refractivity contribution in [1.82, 2.24) is 14.6 Å². The highest BCUT2D eigenvalue weighted by atomic mass is 16.2. The molecule has 3 heterocycles. The molecule has 146 valence electrons. The quantitative estimate of drug-likeness (QED) is 0.673. The highest BCUT2D eigenvalue weighted by molar-refractivity contribution is 5.93. The summed E-state index contributed by atoms with van der Waals surface area (Å²) in [6.45, 7) is 0.722. The molecule has 29 heavy (non-hydrogen) atoms. The average molecular weight is 386 g/mol. The lowest BCUT2D eigenvalue weighted by atomic mass is 10.1. The van der Waals surface area contributed by atoms with Crippen molar-refractivity contribution in [2.75, 3.05) is 17.2 Å². The third-order valence-electron chi connectivity index (χ3n) is 5.15. The van der Waals surface area contributed by atoms with Crippen LogP contribution in [-0.2, 0) is 4.79 Å². The van der Waals surface area contributed by atoms with Crippen molar-refractivity contribution < 1.29 is 4.79 Å². The summed E-state index contributed by atoms with van der Waals surface area (Å²) in [7, 11) is 0. The van der Waals surface area contributed by atoms with Gasteiger partial charge in [0.1, 0.15) is 0 Å². The van der Waals surface area contributed by atoms with Crippen molar-refractivity contribution >= 4 is 29.4 Å². The molecule has 1 saturated carbocycles. The first-order valence-corrected chi connectivity index (χ1v) is 9.98. The van der Waals surface area contributed by atoms with E-state index in [1.54, 1.807) is 4.52 Å². The minimum absolute atomic E-state index is 0.00954. The number of rotatable bonds is 6. The Morgan fingerprint density at radius 3 is 2.76 bits per heavy atom. The Labute approximate surface area is 168 Å². The number of benzene rings is 1. The zero-order valence-electron chi connectivity index (χ0n) is 16.0. The number of carbonyl (C=O) groups excluding carboxylic acids is 1. The molecule has 0 atom stereocenters. The van der Waals surface area contributed by atoms with Crippen molar-refractivity contribution in [3.8, 4) is 11.1 Å². The van der Waals surface area contributed by atoms with E-state index < -0.39 is 0 Å². The molecule has 2 aliphatic rings. The molecule has 2 aromatic heterocycles. The fourth-order valence-electron chi connectivity index (χ4n) is 3.38. The Balaban J connectivity index is 1.34. The van der Waals surface area contributed by atoms with Gasteiger partial charge in [-0.1, -0.05) is 18.2 Å². The van der Waals surface area contributed by atoms with E-state index in [4.69, 9.17) is 0 Å². The number of nitrogens with zero attached hydrogens (tertiary/aromatic N) is 4. The standard InChI is InChI=1S/C22H22N6O/c29-21(16-6-7-16)26-22-25-20-19(5-3-13-28(20)27-22)15-8-10-17(11-9-15)24-14-18-4-1-2-12-23-18/h3-5,8-13,16,24H,1-2,6-7,14H2,(H,26,27,29). The number of amides is 1. The number of aliphatic imine (C=N–C) groups is 1. The summed E-state index contributed by atoms with van der Waals surface area (Å²) in [5.41, 5.74) is 4.86. The monoisotopic (exact) mass is 386 g/mol. The molecule has 1 aliphatic heterocycles. The summed E-state index contributed by atoms with van der Waals surface area (Å²) in [6.07, 6.45) is 9.98. The van der Waals surface area contributed by atoms with Gasteiger partial charge in [0.15, 0.2) is 5.65 Å². The van der Waals surface area contributed by atoms with Crippen LogP contribution in [0.3, 0.4) is 0 Å². The van der Waals surface area contributed by atoms with Crippen LogP contribution in [0.15, 0.2) is 59.4 Å². The van der Waals surface area contributed by atoms with E-state index in [-0.39, 0.29) is 11.8 Å². The second kappa shape index (κ2) is 7.50. The highest BCUT2D eigenvalue weighted by Crippen LogP contribution is 2.30. The van der Waals surface area contributed by atoms with Crippen LogP contribution in [0.2, 0.25) is 0 Å². The topological polar surface area (TPSA) is 83.7 Å². The average Bonchev–Trinajstić information content (AvgIpc) is 3.53. The predicted molar refractivity (Wildman–Crippen MR) is 114 cm³/mol. The molecule has 1 fully saturated rings. The third-order valence-corrected chi connectivity index (χ3v) is 5.15. The molecule has 5 rings (SSSR count). The van der Waals surface area contributed by atoms with Gasteiger partial charge in [0, 0.05) is 29.6 Å². The molecule has 7 nitrogen and oxygen atoms in total. The number of pyridine rings is 1. The summed E-state index contributed by atoms with van der Waals surface area (Å²) in [6, 6.07) is 12.2. The lowest BCUT2D eigenvalue weighted by molar-refractivity contribution is -0.117. The van der Waals surface area contributed by atoms with Crippen LogP contribution in [0.4, 0.5) is 11.6 Å². The van der Waals surface area contributed by atoms with E-state index >= 15 is 0 Å². The first-order chi connectivity index (χ1) is 14.3. The van der Waals surface area contributed by atoms with E-state index in [0.29, 0.717) is 5.95 Å². The van der Waals surface area contributed by atoms with Crippen LogP contribution in [-0.4, -0.2) is 33.3 Å². The molecule has 1 aromatic carbocycles. The fourth-order valence-corrected chi connectivity index (χ4v) is 3.38. The van der Waals surface area contributed by atoms with Crippen LogP contribution in [0.1, 0.15) is 25.7 Å². The van der Waals surface area contributed by atoms with Gasteiger partial charge in [0.05, 0.1) is 12.2 Å². The highest BCUT2D eigenvalue weighted by Gasteiger charge is 2.30. The Bertz CT molecular complexity index is 1110. The van der Waals surface area contributed by atoms with Crippen LogP contribution in [0.5, 0.6) is 0 Å². The predicted octanol–water partition coefficient (Wildman–Crippen LogP) is 3.91. The van der Waals surface area contributed by atoms with E-state index in [1.807, 2.05) is 24.5 Å². The number of nitrogens with one attached hydrogen (secondary N) is 2. The fraction of sp³-hybridized carbons (Fsp3) is 0.273. The lowest BCUT2D eigenvalue weighted by Gasteiger charge is -2.10. The Hall–Kier alpha value is -3.48. The van der Waals surface area contributed by atoms with Gasteiger partial charge >= 0.3 is 0 Å². The van der Waals surface area contributed by atoms with Crippen LogP contribution < -0.4 is 10.6 Å². The van der Waals surface area contributed by atoms with Gasteiger partial charge in [-0.25, -0.2) is 4.52 Å². The maximum Gasteiger partial charge on any atom is 0.249 e. The normalized spacial score (nSPS) is 15.9. The number of aromatic nitrogens is 3. The van der Waals surface area contributed by atoms with E-state index in [9.17, 15) is 4.79 Å². The molecule has 0 saturated heterocycles. The molecular formula is C22H22N6O. The smallest absolute Gasteiger partial charge is 0.249 e. The summed E-state index contributed by atoms with van der Waals surface area (Å²) < 4.78 is 1.71. The van der Waals surface area contributed by atoms with Gasteiger partial charge in [-0.2, -0.15) is 4.98 Å². The van der Waals surface area contributed by atoms with Crippen LogP contribution >= 0.6 is 0 Å². The van der Waals surface area contributed by atoms with E-state index in [0.717, 1.165) is 60.4 Å². The summed E-state index contributed by atoms with van der Waals surface area (Å²) in [5, 5.41) is 10.6. The van der Waals surface area contributed by atoms with Crippen molar-refractivity contribution in [2.24, 2.45) is 10.9 Å². The van der Waals surface area contributed by atoms with Crippen molar-refractivity contribution in [1.29, 1.82) is 0 Å². The molecule has 3 aromatic rings. The zero-order chi connectivity index (χ0) is 19.6. The maximum atomic E-state index is 12.0. The lowest BCUT2D eigenvalue weighted by Crippen LogP contribution is -2.14. The SMILES string of the molecule is O=C(Nc1nc2c(-c3ccc(NCC4=CCCC=N4)cc3)cccn2n1)C1CC1. The number of hydrogen-bond acceptors (Lipinski definition) is 5. The molecule has 0 bridgehead atoms. The minimum Gasteiger partial charge on any atom is -0.379 e. The first kappa shape index (κ1) is 17.6. The number of fused-ring (bicyclic) bond motifs is 1. The molecule has 0 unspecified atom stereocenters. The van der Waals surface area contributed by atoms with E-state index in [2.05, 4.69) is 56.1 Å².